The minimum atomic E-state index is -0.512. The Labute approximate surface area is 257 Å². The zero-order valence-corrected chi connectivity index (χ0v) is 26.7. The van der Waals surface area contributed by atoms with E-state index in [4.69, 9.17) is 52.1 Å². The normalized spacial score (nSPS) is 11.4. The van der Waals surface area contributed by atoms with Crippen LogP contribution in [0.15, 0.2) is 12.7 Å². The number of hydrogen-bond acceptors (Lipinski definition) is 13. The first-order valence-electron chi connectivity index (χ1n) is 14.7. The van der Waals surface area contributed by atoms with Crippen molar-refractivity contribution in [2.75, 3.05) is 139 Å². The fourth-order valence-corrected chi connectivity index (χ4v) is 2.75. The summed E-state index contributed by atoms with van der Waals surface area (Å²) < 4.78 is 58.8. The number of carbonyl (C=O) groups excluding carboxylic acids is 2. The van der Waals surface area contributed by atoms with Crippen LogP contribution in [0.1, 0.15) is 20.8 Å². The van der Waals surface area contributed by atoms with E-state index in [1.165, 1.54) is 4.90 Å². The monoisotopic (exact) mass is 625 g/mol. The summed E-state index contributed by atoms with van der Waals surface area (Å²) in [5.74, 6) is -0.462. The molecule has 0 aromatic heterocycles. The van der Waals surface area contributed by atoms with Gasteiger partial charge in [-0.15, -0.1) is 0 Å². The van der Waals surface area contributed by atoms with Gasteiger partial charge in [-0.3, -0.25) is 0 Å². The Hall–Kier alpha value is -1.88. The van der Waals surface area contributed by atoms with Crippen molar-refractivity contribution in [1.82, 2.24) is 4.90 Å². The molecular formula is C29H55NO13. The summed E-state index contributed by atoms with van der Waals surface area (Å²) in [4.78, 5) is 24.1. The average molecular weight is 626 g/mol. The molecule has 0 saturated heterocycles. The lowest BCUT2D eigenvalue weighted by Crippen LogP contribution is -2.36. The molecule has 0 radical (unpaired) electrons. The second-order valence-electron chi connectivity index (χ2n) is 9.78. The third-order valence-corrected chi connectivity index (χ3v) is 4.89. The third kappa shape index (κ3) is 32.9. The molecule has 0 aromatic carbocycles. The largest absolute Gasteiger partial charge is 0.460 e. The van der Waals surface area contributed by atoms with Gasteiger partial charge in [0, 0.05) is 19.7 Å². The molecule has 0 heterocycles. The molecule has 14 nitrogen and oxygen atoms in total. The van der Waals surface area contributed by atoms with E-state index in [0.717, 1.165) is 6.08 Å². The molecule has 0 bridgehead atoms. The van der Waals surface area contributed by atoms with Gasteiger partial charge in [0.25, 0.3) is 0 Å². The molecule has 0 aromatic rings. The van der Waals surface area contributed by atoms with Gasteiger partial charge in [-0.1, -0.05) is 6.58 Å². The van der Waals surface area contributed by atoms with Crippen molar-refractivity contribution in [3.63, 3.8) is 0 Å². The Kier molecular flexibility index (Phi) is 28.8. The first kappa shape index (κ1) is 41.1. The van der Waals surface area contributed by atoms with Gasteiger partial charge in [0.05, 0.1) is 119 Å². The summed E-state index contributed by atoms with van der Waals surface area (Å²) in [6.07, 6.45) is 0.743. The van der Waals surface area contributed by atoms with Gasteiger partial charge in [-0.05, 0) is 20.8 Å². The van der Waals surface area contributed by atoms with Crippen LogP contribution in [0.3, 0.4) is 0 Å². The van der Waals surface area contributed by atoms with Crippen LogP contribution in [0, 0.1) is 0 Å². The fourth-order valence-electron chi connectivity index (χ4n) is 2.75. The maximum atomic E-state index is 11.8. The summed E-state index contributed by atoms with van der Waals surface area (Å²) in [5.41, 5.74) is -0.512. The number of rotatable bonds is 31. The molecule has 14 heteroatoms. The molecule has 0 aliphatic heterocycles. The number of nitrogens with zero attached hydrogens (tertiary/aromatic N) is 1. The molecule has 0 spiro atoms. The van der Waals surface area contributed by atoms with Crippen LogP contribution in [0.25, 0.3) is 0 Å². The second-order valence-corrected chi connectivity index (χ2v) is 9.78. The SMILES string of the molecule is C=CC(=O)OCCOCCOCCOCCOCCOCCOCCOCCOCCOCCN(C)C(=O)OC(C)(C)C. The van der Waals surface area contributed by atoms with E-state index in [2.05, 4.69) is 6.58 Å². The van der Waals surface area contributed by atoms with Crippen molar-refractivity contribution in [1.29, 1.82) is 0 Å². The lowest BCUT2D eigenvalue weighted by atomic mass is 10.2. The lowest BCUT2D eigenvalue weighted by Gasteiger charge is -2.24. The van der Waals surface area contributed by atoms with Crippen LogP contribution in [-0.4, -0.2) is 162 Å². The highest BCUT2D eigenvalue weighted by atomic mass is 16.6. The number of carbonyl (C=O) groups is 2. The van der Waals surface area contributed by atoms with Gasteiger partial charge < -0.3 is 57.0 Å². The smallest absolute Gasteiger partial charge is 0.410 e. The van der Waals surface area contributed by atoms with Crippen molar-refractivity contribution >= 4 is 12.1 Å². The lowest BCUT2D eigenvalue weighted by molar-refractivity contribution is -0.139. The Bertz CT molecular complexity index is 661. The molecule has 0 atom stereocenters. The number of hydrogen-bond donors (Lipinski definition) is 0. The van der Waals surface area contributed by atoms with Crippen molar-refractivity contribution in [3.05, 3.63) is 12.7 Å². The van der Waals surface area contributed by atoms with Crippen LogP contribution in [0.5, 0.6) is 0 Å². The first-order chi connectivity index (χ1) is 20.8. The van der Waals surface area contributed by atoms with Gasteiger partial charge in [0.2, 0.25) is 0 Å². The predicted octanol–water partition coefficient (Wildman–Crippen LogP) is 1.73. The summed E-state index contributed by atoms with van der Waals surface area (Å²) in [7, 11) is 1.68. The molecule has 43 heavy (non-hydrogen) atoms. The summed E-state index contributed by atoms with van der Waals surface area (Å²) in [6, 6.07) is 0. The van der Waals surface area contributed by atoms with E-state index in [1.807, 2.05) is 20.8 Å². The standard InChI is InChI=1S/C29H55NO13/c1-6-27(31)42-26-25-41-24-23-40-22-21-39-20-19-38-18-17-37-16-15-36-14-13-35-12-11-34-10-9-33-8-7-30(5)28(32)43-29(2,3)4/h6H,1,7-26H2,2-5H3. The zero-order valence-electron chi connectivity index (χ0n) is 26.7. The van der Waals surface area contributed by atoms with E-state index in [1.54, 1.807) is 7.05 Å². The molecule has 0 saturated carbocycles. The fraction of sp³-hybridized carbons (Fsp3) is 0.862. The van der Waals surface area contributed by atoms with Gasteiger partial charge in [0.15, 0.2) is 0 Å². The molecule has 0 unspecified atom stereocenters. The number of ether oxygens (including phenoxy) is 11. The van der Waals surface area contributed by atoms with E-state index >= 15 is 0 Å². The minimum absolute atomic E-state index is 0.195. The van der Waals surface area contributed by atoms with Gasteiger partial charge >= 0.3 is 12.1 Å². The highest BCUT2D eigenvalue weighted by Crippen LogP contribution is 2.08. The molecule has 0 aliphatic carbocycles. The highest BCUT2D eigenvalue weighted by Gasteiger charge is 2.19. The van der Waals surface area contributed by atoms with E-state index in [-0.39, 0.29) is 12.7 Å². The topological polar surface area (TPSA) is 139 Å². The maximum Gasteiger partial charge on any atom is 0.410 e. The summed E-state index contributed by atoms with van der Waals surface area (Å²) in [5, 5.41) is 0. The number of esters is 1. The second kappa shape index (κ2) is 30.2. The summed E-state index contributed by atoms with van der Waals surface area (Å²) >= 11 is 0. The van der Waals surface area contributed by atoms with E-state index in [0.29, 0.717) is 125 Å². The molecule has 0 N–H and O–H groups in total. The van der Waals surface area contributed by atoms with Crippen molar-refractivity contribution in [3.8, 4) is 0 Å². The van der Waals surface area contributed by atoms with E-state index < -0.39 is 11.6 Å². The predicted molar refractivity (Wildman–Crippen MR) is 157 cm³/mol. The molecule has 0 fully saturated rings. The Morgan fingerprint density at radius 1 is 0.535 bits per heavy atom. The zero-order chi connectivity index (χ0) is 31.9. The van der Waals surface area contributed by atoms with Crippen LogP contribution >= 0.6 is 0 Å². The maximum absolute atomic E-state index is 11.8. The molecule has 0 aliphatic rings. The van der Waals surface area contributed by atoms with Crippen LogP contribution in [-0.2, 0) is 56.9 Å². The molecule has 0 rings (SSSR count). The molecular weight excluding hydrogens is 570 g/mol. The summed E-state index contributed by atoms with van der Waals surface area (Å²) in [6.45, 7) is 17.7. The van der Waals surface area contributed by atoms with Crippen molar-refractivity contribution in [2.45, 2.75) is 26.4 Å². The van der Waals surface area contributed by atoms with Gasteiger partial charge in [0.1, 0.15) is 12.2 Å². The van der Waals surface area contributed by atoms with E-state index in [9.17, 15) is 9.59 Å². The van der Waals surface area contributed by atoms with Crippen molar-refractivity contribution < 1.29 is 61.7 Å². The van der Waals surface area contributed by atoms with Crippen LogP contribution in [0.4, 0.5) is 4.79 Å². The van der Waals surface area contributed by atoms with Crippen molar-refractivity contribution in [2.24, 2.45) is 0 Å². The van der Waals surface area contributed by atoms with Gasteiger partial charge in [-0.2, -0.15) is 0 Å². The minimum Gasteiger partial charge on any atom is -0.460 e. The average Bonchev–Trinajstić information content (AvgIpc) is 2.96. The Balaban J connectivity index is 3.17. The number of amides is 1. The highest BCUT2D eigenvalue weighted by molar-refractivity contribution is 5.81. The van der Waals surface area contributed by atoms with Crippen LogP contribution < -0.4 is 0 Å². The first-order valence-corrected chi connectivity index (χ1v) is 14.7. The molecule has 1 amide bonds. The Morgan fingerprint density at radius 2 is 0.814 bits per heavy atom. The Morgan fingerprint density at radius 3 is 1.09 bits per heavy atom. The number of likely N-dealkylation sites (N-methyl/N-ethyl adjacent to an activating group) is 1. The van der Waals surface area contributed by atoms with Gasteiger partial charge in [-0.25, -0.2) is 9.59 Å². The molecule has 254 valence electrons. The third-order valence-electron chi connectivity index (χ3n) is 4.89. The van der Waals surface area contributed by atoms with Crippen LogP contribution in [0.2, 0.25) is 0 Å². The quantitative estimate of drug-likeness (QED) is 0.0628.